The predicted octanol–water partition coefficient (Wildman–Crippen LogP) is 3.81. The minimum Gasteiger partial charge on any atom is -0.307 e. The average molecular weight is 284 g/mol. The van der Waals surface area contributed by atoms with Crippen LogP contribution in [-0.4, -0.2) is 22.5 Å². The van der Waals surface area contributed by atoms with Crippen molar-refractivity contribution in [3.63, 3.8) is 0 Å². The van der Waals surface area contributed by atoms with Crippen LogP contribution in [0.5, 0.6) is 0 Å². The Morgan fingerprint density at radius 1 is 1.44 bits per heavy atom. The van der Waals surface area contributed by atoms with E-state index >= 15 is 0 Å². The summed E-state index contributed by atoms with van der Waals surface area (Å²) in [4.78, 5) is 4.74. The summed E-state index contributed by atoms with van der Waals surface area (Å²) in [6, 6.07) is 0.680. The van der Waals surface area contributed by atoms with E-state index in [1.807, 2.05) is 11.8 Å². The Hall–Kier alpha value is -0.0600. The topological polar surface area (TPSA) is 24.9 Å². The van der Waals surface area contributed by atoms with Crippen LogP contribution in [0.15, 0.2) is 5.38 Å². The molecule has 2 rings (SSSR count). The fourth-order valence-electron chi connectivity index (χ4n) is 2.41. The van der Waals surface area contributed by atoms with Gasteiger partial charge in [-0.3, -0.25) is 0 Å². The average Bonchev–Trinajstić information content (AvgIpc) is 2.94. The Labute approximate surface area is 119 Å². The van der Waals surface area contributed by atoms with Gasteiger partial charge in [0.15, 0.2) is 0 Å². The molecule has 4 heteroatoms. The number of hydrogen-bond acceptors (Lipinski definition) is 4. The Morgan fingerprint density at radius 3 is 2.83 bits per heavy atom. The fourth-order valence-corrected chi connectivity index (χ4v) is 4.28. The van der Waals surface area contributed by atoms with E-state index in [0.29, 0.717) is 6.04 Å². The maximum absolute atomic E-state index is 4.74. The molecular weight excluding hydrogens is 260 g/mol. The third-order valence-electron chi connectivity index (χ3n) is 3.49. The minimum absolute atomic E-state index is 0.179. The molecule has 0 saturated heterocycles. The van der Waals surface area contributed by atoms with Crippen LogP contribution in [0.25, 0.3) is 0 Å². The van der Waals surface area contributed by atoms with Crippen LogP contribution in [-0.2, 0) is 12.0 Å². The molecule has 2 atom stereocenters. The van der Waals surface area contributed by atoms with Crippen LogP contribution in [0.1, 0.15) is 50.7 Å². The molecule has 1 saturated carbocycles. The Morgan fingerprint density at radius 2 is 2.22 bits per heavy atom. The second kappa shape index (κ2) is 5.93. The van der Waals surface area contributed by atoms with Crippen molar-refractivity contribution in [1.29, 1.82) is 0 Å². The first kappa shape index (κ1) is 14.4. The monoisotopic (exact) mass is 284 g/mol. The van der Waals surface area contributed by atoms with Crippen molar-refractivity contribution in [2.75, 3.05) is 6.26 Å². The van der Waals surface area contributed by atoms with E-state index in [4.69, 9.17) is 4.98 Å². The number of thioether (sulfide) groups is 1. The molecule has 1 heterocycles. The molecule has 0 bridgehead atoms. The highest BCUT2D eigenvalue weighted by Crippen LogP contribution is 2.29. The molecule has 102 valence electrons. The van der Waals surface area contributed by atoms with Crippen molar-refractivity contribution in [2.45, 2.75) is 63.3 Å². The van der Waals surface area contributed by atoms with Gasteiger partial charge < -0.3 is 5.32 Å². The Kier molecular flexibility index (Phi) is 4.73. The van der Waals surface area contributed by atoms with Gasteiger partial charge in [0.1, 0.15) is 0 Å². The smallest absolute Gasteiger partial charge is 0.0982 e. The Bertz CT molecular complexity index is 381. The van der Waals surface area contributed by atoms with Crippen LogP contribution in [0, 0.1) is 0 Å². The highest BCUT2D eigenvalue weighted by atomic mass is 32.2. The van der Waals surface area contributed by atoms with Crippen LogP contribution in [0.3, 0.4) is 0 Å². The van der Waals surface area contributed by atoms with Crippen LogP contribution >= 0.6 is 23.1 Å². The summed E-state index contributed by atoms with van der Waals surface area (Å²) in [6.07, 6.45) is 6.28. The lowest BCUT2D eigenvalue weighted by molar-refractivity contribution is 0.524. The largest absolute Gasteiger partial charge is 0.307 e. The van der Waals surface area contributed by atoms with E-state index in [1.165, 1.54) is 30.0 Å². The van der Waals surface area contributed by atoms with Gasteiger partial charge in [-0.2, -0.15) is 11.8 Å². The lowest BCUT2D eigenvalue weighted by Crippen LogP contribution is -2.33. The summed E-state index contributed by atoms with van der Waals surface area (Å²) < 4.78 is 0. The molecule has 1 aliphatic carbocycles. The summed E-state index contributed by atoms with van der Waals surface area (Å²) in [5, 5.41) is 7.93. The van der Waals surface area contributed by atoms with Crippen molar-refractivity contribution in [3.05, 3.63) is 16.1 Å². The standard InChI is InChI=1S/C14H24N2S2/c1-14(2,3)13-16-10(9-18-13)8-15-11-6-5-7-12(11)17-4/h9,11-12,15H,5-8H2,1-4H3. The minimum atomic E-state index is 0.179. The van der Waals surface area contributed by atoms with E-state index in [1.54, 1.807) is 11.3 Å². The van der Waals surface area contributed by atoms with E-state index in [0.717, 1.165) is 11.8 Å². The second-order valence-electron chi connectivity index (χ2n) is 6.09. The number of nitrogens with zero attached hydrogens (tertiary/aromatic N) is 1. The molecule has 2 nitrogen and oxygen atoms in total. The zero-order valence-corrected chi connectivity index (χ0v) is 13.5. The van der Waals surface area contributed by atoms with E-state index in [9.17, 15) is 0 Å². The number of aromatic nitrogens is 1. The van der Waals surface area contributed by atoms with Gasteiger partial charge in [0.25, 0.3) is 0 Å². The van der Waals surface area contributed by atoms with Crippen LogP contribution in [0.2, 0.25) is 0 Å². The number of thiazole rings is 1. The zero-order valence-electron chi connectivity index (χ0n) is 11.8. The molecule has 1 aliphatic rings. The van der Waals surface area contributed by atoms with Gasteiger partial charge in [-0.15, -0.1) is 11.3 Å². The SMILES string of the molecule is CSC1CCCC1NCc1csc(C(C)(C)C)n1. The van der Waals surface area contributed by atoms with Gasteiger partial charge in [-0.1, -0.05) is 27.2 Å². The van der Waals surface area contributed by atoms with E-state index in [-0.39, 0.29) is 5.41 Å². The van der Waals surface area contributed by atoms with Gasteiger partial charge in [0.05, 0.1) is 10.7 Å². The highest BCUT2D eigenvalue weighted by Gasteiger charge is 2.26. The van der Waals surface area contributed by atoms with Crippen molar-refractivity contribution in [1.82, 2.24) is 10.3 Å². The number of hydrogen-bond donors (Lipinski definition) is 1. The van der Waals surface area contributed by atoms with Gasteiger partial charge in [-0.05, 0) is 19.1 Å². The third kappa shape index (κ3) is 3.49. The molecule has 2 unspecified atom stereocenters. The summed E-state index contributed by atoms with van der Waals surface area (Å²) in [7, 11) is 0. The third-order valence-corrected chi connectivity index (χ3v) is 5.98. The van der Waals surface area contributed by atoms with Gasteiger partial charge in [0, 0.05) is 28.6 Å². The molecular formula is C14H24N2S2. The lowest BCUT2D eigenvalue weighted by atomic mass is 9.98. The summed E-state index contributed by atoms with van der Waals surface area (Å²) in [5.74, 6) is 0. The molecule has 0 radical (unpaired) electrons. The second-order valence-corrected chi connectivity index (χ2v) is 8.02. The summed E-state index contributed by atoms with van der Waals surface area (Å²) >= 11 is 3.79. The van der Waals surface area contributed by atoms with Crippen molar-refractivity contribution >= 4 is 23.1 Å². The molecule has 1 aromatic heterocycles. The first-order chi connectivity index (χ1) is 8.50. The molecule has 18 heavy (non-hydrogen) atoms. The first-order valence-corrected chi connectivity index (χ1v) is 8.88. The number of nitrogens with one attached hydrogen (secondary N) is 1. The Balaban J connectivity index is 1.89. The molecule has 1 fully saturated rings. The van der Waals surface area contributed by atoms with Crippen molar-refractivity contribution < 1.29 is 0 Å². The molecule has 0 aromatic carbocycles. The molecule has 0 spiro atoms. The van der Waals surface area contributed by atoms with E-state index < -0.39 is 0 Å². The lowest BCUT2D eigenvalue weighted by Gasteiger charge is -2.18. The maximum atomic E-state index is 4.74. The van der Waals surface area contributed by atoms with Crippen LogP contribution in [0.4, 0.5) is 0 Å². The summed E-state index contributed by atoms with van der Waals surface area (Å²) in [6.45, 7) is 7.60. The van der Waals surface area contributed by atoms with Crippen molar-refractivity contribution in [3.8, 4) is 0 Å². The van der Waals surface area contributed by atoms with E-state index in [2.05, 4.69) is 37.7 Å². The first-order valence-electron chi connectivity index (χ1n) is 6.72. The fraction of sp³-hybridized carbons (Fsp3) is 0.786. The number of rotatable bonds is 4. The summed E-state index contributed by atoms with van der Waals surface area (Å²) in [5.41, 5.74) is 1.38. The van der Waals surface area contributed by atoms with Crippen molar-refractivity contribution in [2.24, 2.45) is 0 Å². The molecule has 1 N–H and O–H groups in total. The predicted molar refractivity (Wildman–Crippen MR) is 82.6 cm³/mol. The van der Waals surface area contributed by atoms with Crippen LogP contribution < -0.4 is 5.32 Å². The maximum Gasteiger partial charge on any atom is 0.0982 e. The van der Waals surface area contributed by atoms with Gasteiger partial charge in [0.2, 0.25) is 0 Å². The molecule has 0 aliphatic heterocycles. The normalized spacial score (nSPS) is 24.7. The molecule has 1 aromatic rings. The quantitative estimate of drug-likeness (QED) is 0.910. The van der Waals surface area contributed by atoms with Gasteiger partial charge in [-0.25, -0.2) is 4.98 Å². The zero-order chi connectivity index (χ0) is 13.2. The van der Waals surface area contributed by atoms with Gasteiger partial charge >= 0.3 is 0 Å². The highest BCUT2D eigenvalue weighted by molar-refractivity contribution is 7.99. The molecule has 0 amide bonds.